The summed E-state index contributed by atoms with van der Waals surface area (Å²) in [7, 11) is -1.94. The fourth-order valence-corrected chi connectivity index (χ4v) is 16.3. The average molecular weight is 683 g/mol. The van der Waals surface area contributed by atoms with Crippen molar-refractivity contribution in [3.8, 4) is 32.0 Å². The molecular weight excluding hydrogens is 621 g/mol. The number of benzene rings is 2. The van der Waals surface area contributed by atoms with Crippen molar-refractivity contribution in [2.24, 2.45) is 0 Å². The van der Waals surface area contributed by atoms with Gasteiger partial charge in [-0.25, -0.2) is 0 Å². The summed E-state index contributed by atoms with van der Waals surface area (Å²) in [6.07, 6.45) is 18.4. The molecule has 0 nitrogen and oxygen atoms in total. The van der Waals surface area contributed by atoms with E-state index in [4.69, 9.17) is 0 Å². The van der Waals surface area contributed by atoms with Gasteiger partial charge in [-0.15, -0.1) is 22.7 Å². The summed E-state index contributed by atoms with van der Waals surface area (Å²) < 4.78 is 0. The molecule has 3 heteroatoms. The Morgan fingerprint density at radius 1 is 0.511 bits per heavy atom. The van der Waals surface area contributed by atoms with E-state index in [0.717, 1.165) is 0 Å². The number of hydrogen-bond donors (Lipinski definition) is 0. The van der Waals surface area contributed by atoms with Crippen LogP contribution in [0.3, 0.4) is 0 Å². The van der Waals surface area contributed by atoms with Gasteiger partial charge in [-0.05, 0) is 122 Å². The molecule has 2 aromatic heterocycles. The maximum absolute atomic E-state index is 2.74. The molecule has 0 amide bonds. The molecule has 4 aromatic rings. The van der Waals surface area contributed by atoms with Crippen molar-refractivity contribution in [2.75, 3.05) is 0 Å². The Hall–Kier alpha value is -1.94. The van der Waals surface area contributed by atoms with Crippen molar-refractivity contribution in [2.45, 2.75) is 155 Å². The highest BCUT2D eigenvalue weighted by molar-refractivity contribution is 7.14. The molecule has 1 aliphatic rings. The zero-order chi connectivity index (χ0) is 33.2. The maximum atomic E-state index is 2.74. The van der Waals surface area contributed by atoms with Crippen LogP contribution in [-0.4, -0.2) is 8.07 Å². The average Bonchev–Trinajstić information content (AvgIpc) is 3.84. The molecule has 0 spiro atoms. The van der Waals surface area contributed by atoms with Crippen LogP contribution in [0.5, 0.6) is 0 Å². The molecule has 0 aliphatic carbocycles. The molecule has 2 aromatic carbocycles. The van der Waals surface area contributed by atoms with Crippen LogP contribution in [0.25, 0.3) is 32.0 Å². The van der Waals surface area contributed by atoms with Crippen molar-refractivity contribution in [3.63, 3.8) is 0 Å². The summed E-state index contributed by atoms with van der Waals surface area (Å²) in [4.78, 5) is 3.05. The van der Waals surface area contributed by atoms with E-state index in [1.165, 1.54) is 123 Å². The molecule has 0 radical (unpaired) electrons. The van der Waals surface area contributed by atoms with E-state index in [2.05, 4.69) is 101 Å². The van der Waals surface area contributed by atoms with Crippen molar-refractivity contribution >= 4 is 41.1 Å². The lowest BCUT2D eigenvalue weighted by Gasteiger charge is -2.31. The monoisotopic (exact) mass is 682 g/mol. The number of hydrogen-bond acceptors (Lipinski definition) is 2. The summed E-state index contributed by atoms with van der Waals surface area (Å²) in [6, 6.07) is 23.3. The molecule has 0 N–H and O–H groups in total. The summed E-state index contributed by atoms with van der Waals surface area (Å²) in [5, 5.41) is 8.22. The van der Waals surface area contributed by atoms with Crippen LogP contribution in [0.15, 0.2) is 59.3 Å². The van der Waals surface area contributed by atoms with Gasteiger partial charge >= 0.3 is 0 Å². The molecule has 2 unspecified atom stereocenters. The molecule has 0 fully saturated rings. The minimum Gasteiger partial charge on any atom is -0.144 e. The number of rotatable bonds is 20. The minimum absolute atomic E-state index is 0.662. The molecule has 3 heterocycles. The van der Waals surface area contributed by atoms with E-state index in [-0.39, 0.29) is 0 Å². The van der Waals surface area contributed by atoms with Crippen LogP contribution in [0.1, 0.15) is 154 Å². The van der Waals surface area contributed by atoms with Gasteiger partial charge in [0.15, 0.2) is 0 Å². The summed E-state index contributed by atoms with van der Waals surface area (Å²) in [5.41, 5.74) is 9.26. The first-order chi connectivity index (χ1) is 23.1. The number of fused-ring (bicyclic) bond motifs is 3. The molecule has 0 saturated heterocycles. The van der Waals surface area contributed by atoms with Crippen LogP contribution in [0.2, 0.25) is 12.1 Å². The van der Waals surface area contributed by atoms with Crippen molar-refractivity contribution < 1.29 is 0 Å². The fourth-order valence-electron chi connectivity index (χ4n) is 8.76. The standard InChI is InChI=1S/C44H62S2Si/c1-7-13-15-17-29-47(30-18-16-14-8-2)41-24-22-35(43-37(25-27-45-43)33(11-5)19-9-3)31-40(41)39-23-21-36(32-42(39)47)44-38(26-28-46-44)34(12-6)20-10-4/h21-28,31-34H,7-20,29-30H2,1-6H3. The lowest BCUT2D eigenvalue weighted by Crippen LogP contribution is -2.55. The van der Waals surface area contributed by atoms with E-state index in [1.54, 1.807) is 32.6 Å². The molecule has 5 rings (SSSR count). The zero-order valence-electron chi connectivity index (χ0n) is 30.6. The van der Waals surface area contributed by atoms with Crippen LogP contribution < -0.4 is 10.4 Å². The Morgan fingerprint density at radius 3 is 1.55 bits per heavy atom. The molecule has 254 valence electrons. The van der Waals surface area contributed by atoms with E-state index in [0.29, 0.717) is 11.8 Å². The quantitative estimate of drug-likeness (QED) is 0.0643. The summed E-state index contributed by atoms with van der Waals surface area (Å²) in [6.45, 7) is 14.2. The van der Waals surface area contributed by atoms with Crippen molar-refractivity contribution in [3.05, 3.63) is 70.4 Å². The van der Waals surface area contributed by atoms with E-state index in [9.17, 15) is 0 Å². The summed E-state index contributed by atoms with van der Waals surface area (Å²) in [5.74, 6) is 1.33. The molecule has 47 heavy (non-hydrogen) atoms. The molecule has 2 atom stereocenters. The van der Waals surface area contributed by atoms with Crippen molar-refractivity contribution in [1.29, 1.82) is 0 Å². The van der Waals surface area contributed by atoms with Gasteiger partial charge in [0.25, 0.3) is 0 Å². The van der Waals surface area contributed by atoms with Crippen LogP contribution in [0, 0.1) is 0 Å². The van der Waals surface area contributed by atoms with Gasteiger partial charge in [0.05, 0.1) is 0 Å². The second-order valence-electron chi connectivity index (χ2n) is 14.4. The Morgan fingerprint density at radius 2 is 1.04 bits per heavy atom. The first-order valence-electron chi connectivity index (χ1n) is 19.5. The normalized spacial score (nSPS) is 14.7. The third kappa shape index (κ3) is 7.78. The maximum Gasteiger partial charge on any atom is 0.119 e. The van der Waals surface area contributed by atoms with Crippen LogP contribution in [0.4, 0.5) is 0 Å². The Bertz CT molecular complexity index is 1530. The largest absolute Gasteiger partial charge is 0.144 e. The van der Waals surface area contributed by atoms with E-state index < -0.39 is 8.07 Å². The highest BCUT2D eigenvalue weighted by Crippen LogP contribution is 2.44. The SMILES string of the molecule is CCCCCC[Si]1(CCCCCC)c2ccc(-c3sccc3C(CC)CCC)cc2-c2ccc(-c3sccc3C(CC)CCC)cc21. The lowest BCUT2D eigenvalue weighted by molar-refractivity contribution is 0.598. The fraction of sp³-hybridized carbons (Fsp3) is 0.545. The summed E-state index contributed by atoms with van der Waals surface area (Å²) >= 11 is 3.94. The molecule has 0 bridgehead atoms. The Kier molecular flexibility index (Phi) is 13.6. The second-order valence-corrected chi connectivity index (χ2v) is 20.5. The highest BCUT2D eigenvalue weighted by Gasteiger charge is 2.45. The number of unbranched alkanes of at least 4 members (excludes halogenated alkanes) is 6. The smallest absolute Gasteiger partial charge is 0.119 e. The topological polar surface area (TPSA) is 0 Å². The molecule has 0 saturated carbocycles. The second kappa shape index (κ2) is 17.6. The third-order valence-electron chi connectivity index (χ3n) is 11.3. The first-order valence-corrected chi connectivity index (χ1v) is 23.7. The van der Waals surface area contributed by atoms with Gasteiger partial charge in [-0.1, -0.05) is 136 Å². The van der Waals surface area contributed by atoms with Crippen LogP contribution in [-0.2, 0) is 0 Å². The van der Waals surface area contributed by atoms with Gasteiger partial charge in [-0.3, -0.25) is 0 Å². The van der Waals surface area contributed by atoms with Crippen molar-refractivity contribution in [1.82, 2.24) is 0 Å². The van der Waals surface area contributed by atoms with E-state index >= 15 is 0 Å². The van der Waals surface area contributed by atoms with Crippen LogP contribution >= 0.6 is 22.7 Å². The van der Waals surface area contributed by atoms with Gasteiger partial charge in [0.2, 0.25) is 0 Å². The third-order valence-corrected chi connectivity index (χ3v) is 18.6. The first kappa shape index (κ1) is 36.3. The Balaban J connectivity index is 1.65. The zero-order valence-corrected chi connectivity index (χ0v) is 33.2. The van der Waals surface area contributed by atoms with Gasteiger partial charge in [0.1, 0.15) is 8.07 Å². The van der Waals surface area contributed by atoms with Gasteiger partial charge < -0.3 is 0 Å². The predicted octanol–water partition coefficient (Wildman–Crippen LogP) is 14.4. The number of thiophene rings is 2. The highest BCUT2D eigenvalue weighted by atomic mass is 32.1. The molecular formula is C44H62S2Si. The van der Waals surface area contributed by atoms with Gasteiger partial charge in [-0.2, -0.15) is 0 Å². The lowest BCUT2D eigenvalue weighted by atomic mass is 9.90. The minimum atomic E-state index is -1.94. The van der Waals surface area contributed by atoms with E-state index in [1.807, 2.05) is 22.7 Å². The molecule has 1 aliphatic heterocycles. The van der Waals surface area contributed by atoms with Gasteiger partial charge in [0, 0.05) is 9.75 Å². The Labute approximate surface area is 297 Å². The predicted molar refractivity (Wildman–Crippen MR) is 217 cm³/mol.